The fraction of sp³-hybridized carbons (Fsp3) is 0.792. The molecule has 2 N–H and O–H groups in total. The van der Waals surface area contributed by atoms with E-state index in [-0.39, 0.29) is 17.9 Å². The number of rotatable bonds is 8. The van der Waals surface area contributed by atoms with Gasteiger partial charge >= 0.3 is 0 Å². The molecule has 0 aromatic rings. The third-order valence-corrected chi connectivity index (χ3v) is 7.54. The molecule has 30 heavy (non-hydrogen) atoms. The molecule has 2 fully saturated rings. The van der Waals surface area contributed by atoms with E-state index in [9.17, 15) is 9.90 Å². The van der Waals surface area contributed by atoms with Crippen molar-refractivity contribution in [2.45, 2.75) is 71.3 Å². The lowest BCUT2D eigenvalue weighted by Gasteiger charge is -2.38. The van der Waals surface area contributed by atoms with Gasteiger partial charge in [0.2, 0.25) is 5.91 Å². The predicted octanol–water partition coefficient (Wildman–Crippen LogP) is 3.37. The summed E-state index contributed by atoms with van der Waals surface area (Å²) >= 11 is 0. The Morgan fingerprint density at radius 2 is 1.97 bits per heavy atom. The summed E-state index contributed by atoms with van der Waals surface area (Å²) in [5.41, 5.74) is 1.58. The van der Waals surface area contributed by atoms with E-state index in [1.807, 2.05) is 27.0 Å². The SMILES string of the molecule is CCC1=C(C2(CO)CCCC2)C=C(NC(=O)C(C)(C)N(C)CC2CCOCC2)OC1. The van der Waals surface area contributed by atoms with Gasteiger partial charge in [0.15, 0.2) is 5.88 Å². The maximum absolute atomic E-state index is 13.2. The Balaban J connectivity index is 1.71. The maximum atomic E-state index is 13.2. The summed E-state index contributed by atoms with van der Waals surface area (Å²) in [5, 5.41) is 13.2. The molecule has 1 saturated heterocycles. The molecule has 1 aliphatic carbocycles. The van der Waals surface area contributed by atoms with Gasteiger partial charge < -0.3 is 14.6 Å². The van der Waals surface area contributed by atoms with Crippen molar-refractivity contribution in [3.05, 3.63) is 23.1 Å². The number of nitrogens with zero attached hydrogens (tertiary/aromatic N) is 1. The second kappa shape index (κ2) is 9.84. The first-order chi connectivity index (χ1) is 14.3. The van der Waals surface area contributed by atoms with Crippen molar-refractivity contribution in [3.8, 4) is 0 Å². The fourth-order valence-electron chi connectivity index (χ4n) is 4.96. The quantitative estimate of drug-likeness (QED) is 0.630. The minimum absolute atomic E-state index is 0.0629. The van der Waals surface area contributed by atoms with E-state index in [1.54, 1.807) is 0 Å². The summed E-state index contributed by atoms with van der Waals surface area (Å²) < 4.78 is 11.4. The number of allylic oxidation sites excluding steroid dienone is 1. The zero-order valence-electron chi connectivity index (χ0n) is 19.3. The number of carbonyl (C=O) groups excluding carboxylic acids is 1. The molecule has 6 heteroatoms. The van der Waals surface area contributed by atoms with E-state index < -0.39 is 5.54 Å². The molecular formula is C24H40N2O4. The van der Waals surface area contributed by atoms with E-state index in [4.69, 9.17) is 9.47 Å². The molecule has 0 aromatic carbocycles. The fourth-order valence-corrected chi connectivity index (χ4v) is 4.96. The van der Waals surface area contributed by atoms with Gasteiger partial charge in [0, 0.05) is 31.2 Å². The molecule has 2 aliphatic heterocycles. The topological polar surface area (TPSA) is 71.0 Å². The van der Waals surface area contributed by atoms with Gasteiger partial charge in [-0.15, -0.1) is 0 Å². The monoisotopic (exact) mass is 420 g/mol. The Morgan fingerprint density at radius 1 is 1.30 bits per heavy atom. The average molecular weight is 421 g/mol. The maximum Gasteiger partial charge on any atom is 0.246 e. The molecule has 0 bridgehead atoms. The molecule has 170 valence electrons. The van der Waals surface area contributed by atoms with Crippen molar-refractivity contribution in [1.82, 2.24) is 10.2 Å². The van der Waals surface area contributed by atoms with Gasteiger partial charge in [0.1, 0.15) is 6.61 Å². The van der Waals surface area contributed by atoms with Crippen LogP contribution in [0.2, 0.25) is 0 Å². The number of carbonyl (C=O) groups is 1. The average Bonchev–Trinajstić information content (AvgIpc) is 3.24. The third-order valence-electron chi connectivity index (χ3n) is 7.54. The highest BCUT2D eigenvalue weighted by Gasteiger charge is 2.40. The molecule has 3 rings (SSSR count). The predicted molar refractivity (Wildman–Crippen MR) is 118 cm³/mol. The largest absolute Gasteiger partial charge is 0.474 e. The van der Waals surface area contributed by atoms with Crippen molar-refractivity contribution in [2.24, 2.45) is 11.3 Å². The van der Waals surface area contributed by atoms with Gasteiger partial charge in [-0.2, -0.15) is 0 Å². The van der Waals surface area contributed by atoms with Gasteiger partial charge in [0.25, 0.3) is 0 Å². The highest BCUT2D eigenvalue weighted by molar-refractivity contribution is 5.86. The van der Waals surface area contributed by atoms with Crippen LogP contribution in [-0.2, 0) is 14.3 Å². The van der Waals surface area contributed by atoms with E-state index in [2.05, 4.69) is 17.1 Å². The van der Waals surface area contributed by atoms with Crippen molar-refractivity contribution < 1.29 is 19.4 Å². The molecule has 2 heterocycles. The number of hydrogen-bond acceptors (Lipinski definition) is 5. The van der Waals surface area contributed by atoms with Crippen molar-refractivity contribution >= 4 is 5.91 Å². The van der Waals surface area contributed by atoms with Crippen LogP contribution in [0, 0.1) is 11.3 Å². The molecule has 0 spiro atoms. The molecular weight excluding hydrogens is 380 g/mol. The van der Waals surface area contributed by atoms with E-state index in [0.29, 0.717) is 18.4 Å². The summed E-state index contributed by atoms with van der Waals surface area (Å²) in [4.78, 5) is 15.3. The van der Waals surface area contributed by atoms with Crippen LogP contribution in [0.25, 0.3) is 0 Å². The van der Waals surface area contributed by atoms with Crippen molar-refractivity contribution in [3.63, 3.8) is 0 Å². The molecule has 0 radical (unpaired) electrons. The third kappa shape index (κ3) is 4.92. The summed E-state index contributed by atoms with van der Waals surface area (Å²) in [5.74, 6) is 1.01. The van der Waals surface area contributed by atoms with Crippen LogP contribution < -0.4 is 5.32 Å². The first kappa shape index (κ1) is 23.3. The smallest absolute Gasteiger partial charge is 0.246 e. The van der Waals surface area contributed by atoms with Gasteiger partial charge in [-0.3, -0.25) is 15.0 Å². The Labute approximate surface area is 181 Å². The normalized spacial score (nSPS) is 22.8. The van der Waals surface area contributed by atoms with Crippen molar-refractivity contribution in [2.75, 3.05) is 40.0 Å². The molecule has 3 aliphatic rings. The number of nitrogens with one attached hydrogen (secondary N) is 1. The lowest BCUT2D eigenvalue weighted by atomic mass is 9.76. The standard InChI is InChI=1S/C24H40N2O4/c1-5-19-16-30-21(14-20(19)24(17-27)10-6-7-11-24)25-22(28)23(2,3)26(4)15-18-8-12-29-13-9-18/h14,18,27H,5-13,15-17H2,1-4H3,(H,25,28). The van der Waals surface area contributed by atoms with E-state index in [0.717, 1.165) is 64.7 Å². The van der Waals surface area contributed by atoms with Crippen LogP contribution >= 0.6 is 0 Å². The minimum atomic E-state index is -0.653. The summed E-state index contributed by atoms with van der Waals surface area (Å²) in [6, 6.07) is 0. The van der Waals surface area contributed by atoms with Crippen LogP contribution in [0.1, 0.15) is 65.7 Å². The van der Waals surface area contributed by atoms with Crippen LogP contribution in [0.5, 0.6) is 0 Å². The molecule has 1 amide bonds. The van der Waals surface area contributed by atoms with Crippen LogP contribution in [0.4, 0.5) is 0 Å². The number of likely N-dealkylation sites (N-methyl/N-ethyl adjacent to an activating group) is 1. The number of ether oxygens (including phenoxy) is 2. The Morgan fingerprint density at radius 3 is 2.57 bits per heavy atom. The number of hydrogen-bond donors (Lipinski definition) is 2. The van der Waals surface area contributed by atoms with Gasteiger partial charge in [-0.25, -0.2) is 0 Å². The summed E-state index contributed by atoms with van der Waals surface area (Å²) in [6.45, 7) is 9.20. The highest BCUT2D eigenvalue weighted by atomic mass is 16.5. The highest BCUT2D eigenvalue weighted by Crippen LogP contribution is 2.47. The van der Waals surface area contributed by atoms with Gasteiger partial charge in [-0.1, -0.05) is 19.8 Å². The number of aliphatic hydroxyl groups is 1. The number of amides is 1. The zero-order valence-corrected chi connectivity index (χ0v) is 19.3. The second-order valence-electron chi connectivity index (χ2n) is 9.76. The molecule has 0 atom stereocenters. The van der Waals surface area contributed by atoms with Gasteiger partial charge in [0.05, 0.1) is 12.1 Å². The Bertz CT molecular complexity index is 671. The molecule has 0 unspecified atom stereocenters. The van der Waals surface area contributed by atoms with Crippen LogP contribution in [0.15, 0.2) is 23.1 Å². The molecule has 1 saturated carbocycles. The van der Waals surface area contributed by atoms with E-state index >= 15 is 0 Å². The first-order valence-corrected chi connectivity index (χ1v) is 11.6. The molecule has 6 nitrogen and oxygen atoms in total. The minimum Gasteiger partial charge on any atom is -0.474 e. The Kier molecular flexibility index (Phi) is 7.64. The zero-order chi connectivity index (χ0) is 21.8. The summed E-state index contributed by atoms with van der Waals surface area (Å²) in [6.07, 6.45) is 9.26. The van der Waals surface area contributed by atoms with Gasteiger partial charge in [-0.05, 0) is 70.1 Å². The van der Waals surface area contributed by atoms with Crippen LogP contribution in [0.3, 0.4) is 0 Å². The van der Waals surface area contributed by atoms with Crippen molar-refractivity contribution in [1.29, 1.82) is 0 Å². The summed E-state index contributed by atoms with van der Waals surface area (Å²) in [7, 11) is 2.02. The second-order valence-corrected chi connectivity index (χ2v) is 9.76. The first-order valence-electron chi connectivity index (χ1n) is 11.6. The lowest BCUT2D eigenvalue weighted by molar-refractivity contribution is -0.131. The number of aliphatic hydroxyl groups excluding tert-OH is 1. The Hall–Kier alpha value is -1.37. The molecule has 0 aromatic heterocycles. The van der Waals surface area contributed by atoms with Crippen LogP contribution in [-0.4, -0.2) is 61.5 Å². The lowest BCUT2D eigenvalue weighted by Crippen LogP contribution is -2.54. The van der Waals surface area contributed by atoms with E-state index in [1.165, 1.54) is 11.1 Å².